The first kappa shape index (κ1) is 12.9. The standard InChI is InChI=1S/C16H14N4O/c17-16-18-10-9-15(20-16)19-12-5-4-8-14(11-12)21-13-6-2-1-3-7-13/h1-11H,(H3,17,18,19,20). The summed E-state index contributed by atoms with van der Waals surface area (Å²) < 4.78 is 5.78. The SMILES string of the molecule is Nc1nccc(Nc2cccc(Oc3ccccc3)c2)n1. The van der Waals surface area contributed by atoms with Crippen LogP contribution >= 0.6 is 0 Å². The molecule has 5 heteroatoms. The molecule has 3 aromatic rings. The summed E-state index contributed by atoms with van der Waals surface area (Å²) in [7, 11) is 0. The van der Waals surface area contributed by atoms with Crippen LogP contribution in [0.1, 0.15) is 0 Å². The minimum absolute atomic E-state index is 0.233. The number of nitrogen functional groups attached to an aromatic ring is 1. The molecular formula is C16H14N4O. The molecule has 0 saturated carbocycles. The molecule has 3 N–H and O–H groups in total. The van der Waals surface area contributed by atoms with Gasteiger partial charge in [0.15, 0.2) is 0 Å². The van der Waals surface area contributed by atoms with Crippen LogP contribution in [-0.2, 0) is 0 Å². The molecule has 0 radical (unpaired) electrons. The Balaban J connectivity index is 1.77. The number of ether oxygens (including phenoxy) is 1. The van der Waals surface area contributed by atoms with E-state index in [1.165, 1.54) is 0 Å². The van der Waals surface area contributed by atoms with Gasteiger partial charge in [-0.2, -0.15) is 4.98 Å². The second-order valence-electron chi connectivity index (χ2n) is 4.37. The van der Waals surface area contributed by atoms with Crippen LogP contribution in [0.25, 0.3) is 0 Å². The number of para-hydroxylation sites is 1. The summed E-state index contributed by atoms with van der Waals surface area (Å²) in [5, 5.41) is 3.16. The number of nitrogens with two attached hydrogens (primary N) is 1. The Hall–Kier alpha value is -3.08. The number of anilines is 3. The lowest BCUT2D eigenvalue weighted by Crippen LogP contribution is -1.99. The summed E-state index contributed by atoms with van der Waals surface area (Å²) in [6, 6.07) is 19.0. The number of aromatic nitrogens is 2. The van der Waals surface area contributed by atoms with Crippen LogP contribution in [0.4, 0.5) is 17.5 Å². The van der Waals surface area contributed by atoms with Crippen LogP contribution in [0.2, 0.25) is 0 Å². The fourth-order valence-corrected chi connectivity index (χ4v) is 1.85. The van der Waals surface area contributed by atoms with Gasteiger partial charge in [-0.15, -0.1) is 0 Å². The Labute approximate surface area is 122 Å². The number of nitrogens with one attached hydrogen (secondary N) is 1. The molecule has 0 bridgehead atoms. The summed E-state index contributed by atoms with van der Waals surface area (Å²) in [4.78, 5) is 7.95. The van der Waals surface area contributed by atoms with Crippen molar-refractivity contribution < 1.29 is 4.74 Å². The molecule has 0 spiro atoms. The molecule has 3 rings (SSSR count). The Bertz CT molecular complexity index is 731. The summed E-state index contributed by atoms with van der Waals surface area (Å²) in [5.41, 5.74) is 6.42. The van der Waals surface area contributed by atoms with Crippen molar-refractivity contribution in [2.75, 3.05) is 11.1 Å². The fourth-order valence-electron chi connectivity index (χ4n) is 1.85. The summed E-state index contributed by atoms with van der Waals surface area (Å²) >= 11 is 0. The quantitative estimate of drug-likeness (QED) is 0.763. The lowest BCUT2D eigenvalue weighted by atomic mass is 10.3. The van der Waals surface area contributed by atoms with E-state index in [0.29, 0.717) is 5.82 Å². The largest absolute Gasteiger partial charge is 0.457 e. The van der Waals surface area contributed by atoms with Gasteiger partial charge in [-0.25, -0.2) is 4.98 Å². The van der Waals surface area contributed by atoms with Crippen molar-refractivity contribution >= 4 is 17.5 Å². The van der Waals surface area contributed by atoms with Crippen LogP contribution < -0.4 is 15.8 Å². The Morgan fingerprint density at radius 3 is 2.52 bits per heavy atom. The van der Waals surface area contributed by atoms with Gasteiger partial charge in [-0.3, -0.25) is 0 Å². The number of nitrogens with zero attached hydrogens (tertiary/aromatic N) is 2. The minimum atomic E-state index is 0.233. The first-order valence-electron chi connectivity index (χ1n) is 6.48. The van der Waals surface area contributed by atoms with Crippen molar-refractivity contribution in [1.29, 1.82) is 0 Å². The van der Waals surface area contributed by atoms with Gasteiger partial charge >= 0.3 is 0 Å². The normalized spacial score (nSPS) is 10.1. The molecule has 21 heavy (non-hydrogen) atoms. The lowest BCUT2D eigenvalue weighted by Gasteiger charge is -2.09. The van der Waals surface area contributed by atoms with Crippen LogP contribution in [-0.4, -0.2) is 9.97 Å². The smallest absolute Gasteiger partial charge is 0.221 e. The van der Waals surface area contributed by atoms with Gasteiger partial charge in [0.2, 0.25) is 5.95 Å². The molecule has 1 aromatic heterocycles. The van der Waals surface area contributed by atoms with E-state index in [1.54, 1.807) is 12.3 Å². The van der Waals surface area contributed by atoms with Gasteiger partial charge in [0.1, 0.15) is 17.3 Å². The van der Waals surface area contributed by atoms with Crippen molar-refractivity contribution in [3.8, 4) is 11.5 Å². The fraction of sp³-hybridized carbons (Fsp3) is 0. The Morgan fingerprint density at radius 2 is 1.71 bits per heavy atom. The molecule has 104 valence electrons. The highest BCUT2D eigenvalue weighted by Gasteiger charge is 2.01. The second kappa shape index (κ2) is 5.92. The highest BCUT2D eigenvalue weighted by Crippen LogP contribution is 2.25. The maximum atomic E-state index is 5.78. The van der Waals surface area contributed by atoms with E-state index in [0.717, 1.165) is 17.2 Å². The zero-order valence-electron chi connectivity index (χ0n) is 11.2. The van der Waals surface area contributed by atoms with E-state index in [9.17, 15) is 0 Å². The van der Waals surface area contributed by atoms with Crippen LogP contribution in [0.15, 0.2) is 66.9 Å². The first-order chi connectivity index (χ1) is 10.3. The van der Waals surface area contributed by atoms with Gasteiger partial charge < -0.3 is 15.8 Å². The number of rotatable bonds is 4. The predicted octanol–water partition coefficient (Wildman–Crippen LogP) is 3.59. The van der Waals surface area contributed by atoms with Gasteiger partial charge in [0, 0.05) is 18.0 Å². The molecule has 0 aliphatic carbocycles. The van der Waals surface area contributed by atoms with Gasteiger partial charge in [-0.05, 0) is 30.3 Å². The Kier molecular flexibility index (Phi) is 3.64. The number of hydrogen-bond donors (Lipinski definition) is 2. The first-order valence-corrected chi connectivity index (χ1v) is 6.48. The maximum Gasteiger partial charge on any atom is 0.221 e. The average molecular weight is 278 g/mol. The van der Waals surface area contributed by atoms with Gasteiger partial charge in [0.05, 0.1) is 0 Å². The molecule has 0 saturated heterocycles. The van der Waals surface area contributed by atoms with Gasteiger partial charge in [-0.1, -0.05) is 24.3 Å². The average Bonchev–Trinajstić information content (AvgIpc) is 2.49. The van der Waals surface area contributed by atoms with Crippen molar-refractivity contribution in [3.05, 3.63) is 66.9 Å². The number of benzene rings is 2. The molecule has 5 nitrogen and oxygen atoms in total. The van der Waals surface area contributed by atoms with E-state index in [-0.39, 0.29) is 5.95 Å². The van der Waals surface area contributed by atoms with E-state index >= 15 is 0 Å². The molecular weight excluding hydrogens is 264 g/mol. The molecule has 0 amide bonds. The number of hydrogen-bond acceptors (Lipinski definition) is 5. The van der Waals surface area contributed by atoms with Crippen LogP contribution in [0.5, 0.6) is 11.5 Å². The molecule has 0 aliphatic rings. The maximum absolute atomic E-state index is 5.78. The highest BCUT2D eigenvalue weighted by molar-refractivity contribution is 5.58. The second-order valence-corrected chi connectivity index (χ2v) is 4.37. The summed E-state index contributed by atoms with van der Waals surface area (Å²) in [6.45, 7) is 0. The monoisotopic (exact) mass is 278 g/mol. The molecule has 1 heterocycles. The molecule has 0 unspecified atom stereocenters. The molecule has 2 aromatic carbocycles. The zero-order chi connectivity index (χ0) is 14.5. The topological polar surface area (TPSA) is 73.1 Å². The predicted molar refractivity (Wildman–Crippen MR) is 82.7 cm³/mol. The molecule has 0 fully saturated rings. The van der Waals surface area contributed by atoms with Crippen molar-refractivity contribution in [3.63, 3.8) is 0 Å². The van der Waals surface area contributed by atoms with E-state index < -0.39 is 0 Å². The van der Waals surface area contributed by atoms with Crippen molar-refractivity contribution in [2.24, 2.45) is 0 Å². The Morgan fingerprint density at radius 1 is 0.905 bits per heavy atom. The van der Waals surface area contributed by atoms with E-state index in [4.69, 9.17) is 10.5 Å². The van der Waals surface area contributed by atoms with Crippen LogP contribution in [0.3, 0.4) is 0 Å². The third-order valence-corrected chi connectivity index (χ3v) is 2.76. The lowest BCUT2D eigenvalue weighted by molar-refractivity contribution is 0.483. The van der Waals surface area contributed by atoms with E-state index in [2.05, 4.69) is 15.3 Å². The molecule has 0 atom stereocenters. The summed E-state index contributed by atoms with van der Waals surface area (Å²) in [5.74, 6) is 2.41. The van der Waals surface area contributed by atoms with Crippen molar-refractivity contribution in [1.82, 2.24) is 9.97 Å². The third kappa shape index (κ3) is 3.48. The molecule has 0 aliphatic heterocycles. The van der Waals surface area contributed by atoms with Gasteiger partial charge in [0.25, 0.3) is 0 Å². The van der Waals surface area contributed by atoms with Crippen LogP contribution in [0, 0.1) is 0 Å². The minimum Gasteiger partial charge on any atom is -0.457 e. The zero-order valence-corrected chi connectivity index (χ0v) is 11.2. The van der Waals surface area contributed by atoms with Crippen molar-refractivity contribution in [2.45, 2.75) is 0 Å². The highest BCUT2D eigenvalue weighted by atomic mass is 16.5. The van der Waals surface area contributed by atoms with E-state index in [1.807, 2.05) is 54.6 Å². The summed E-state index contributed by atoms with van der Waals surface area (Å²) in [6.07, 6.45) is 1.61. The third-order valence-electron chi connectivity index (χ3n) is 2.76.